The van der Waals surface area contributed by atoms with Gasteiger partial charge in [-0.3, -0.25) is 4.79 Å². The smallest absolute Gasteiger partial charge is 0.226 e. The molecule has 0 aliphatic carbocycles. The van der Waals surface area contributed by atoms with Gasteiger partial charge in [-0.1, -0.05) is 29.8 Å². The average Bonchev–Trinajstić information content (AvgIpc) is 2.61. The van der Waals surface area contributed by atoms with Crippen LogP contribution in [0.2, 0.25) is 0 Å². The van der Waals surface area contributed by atoms with Crippen LogP contribution in [0.1, 0.15) is 23.1 Å². The fourth-order valence-corrected chi connectivity index (χ4v) is 3.36. The Kier molecular flexibility index (Phi) is 7.02. The maximum Gasteiger partial charge on any atom is 0.226 e. The highest BCUT2D eigenvalue weighted by Gasteiger charge is 2.12. The molecular weight excluding hydrogens is 362 g/mol. The summed E-state index contributed by atoms with van der Waals surface area (Å²) in [5.74, 6) is 0.588. The molecule has 2 aromatic rings. The van der Waals surface area contributed by atoms with Crippen molar-refractivity contribution >= 4 is 15.7 Å². The van der Waals surface area contributed by atoms with Gasteiger partial charge in [-0.2, -0.15) is 0 Å². The number of likely N-dealkylation sites (N-methyl/N-ethyl adjacent to an activating group) is 1. The van der Waals surface area contributed by atoms with Crippen LogP contribution in [-0.4, -0.2) is 45.7 Å². The fourth-order valence-electron chi connectivity index (χ4n) is 2.70. The number of hydrogen-bond donors (Lipinski definition) is 0. The number of ether oxygens (including phenoxy) is 1. The van der Waals surface area contributed by atoms with E-state index in [2.05, 4.69) is 6.07 Å². The summed E-state index contributed by atoms with van der Waals surface area (Å²) in [6.45, 7) is 5.03. The normalized spacial score (nSPS) is 11.3. The topological polar surface area (TPSA) is 63.7 Å². The lowest BCUT2D eigenvalue weighted by atomic mass is 10.0. The monoisotopic (exact) mass is 389 g/mol. The first-order valence-corrected chi connectivity index (χ1v) is 10.8. The van der Waals surface area contributed by atoms with Crippen LogP contribution in [0.3, 0.4) is 0 Å². The first kappa shape index (κ1) is 21.0. The Morgan fingerprint density at radius 2 is 1.85 bits per heavy atom. The van der Waals surface area contributed by atoms with Crippen LogP contribution in [0.5, 0.6) is 5.75 Å². The van der Waals surface area contributed by atoms with E-state index < -0.39 is 9.84 Å². The third-order valence-electron chi connectivity index (χ3n) is 4.41. The molecule has 2 aromatic carbocycles. The summed E-state index contributed by atoms with van der Waals surface area (Å²) in [6, 6.07) is 12.6. The molecule has 146 valence electrons. The van der Waals surface area contributed by atoms with E-state index in [1.807, 2.05) is 26.0 Å². The maximum atomic E-state index is 12.4. The molecule has 0 atom stereocenters. The number of nitrogens with zero attached hydrogens (tertiary/aromatic N) is 1. The minimum Gasteiger partial charge on any atom is -0.493 e. The van der Waals surface area contributed by atoms with Gasteiger partial charge in [0.15, 0.2) is 9.84 Å². The lowest BCUT2D eigenvalue weighted by Crippen LogP contribution is -2.30. The second kappa shape index (κ2) is 9.04. The Balaban J connectivity index is 1.81. The molecule has 0 spiro atoms. The number of amides is 1. The van der Waals surface area contributed by atoms with Crippen LogP contribution in [0.4, 0.5) is 0 Å². The number of sulfone groups is 1. The molecular formula is C21H27NO4S. The van der Waals surface area contributed by atoms with Crippen molar-refractivity contribution in [3.63, 3.8) is 0 Å². The maximum absolute atomic E-state index is 12.4. The standard InChI is InChI=1S/C21H27NO4S/c1-16-9-10-17(2)18(13-16)14-21(23)22(3)11-6-12-26-19-7-5-8-20(15-19)27(4,24)25/h5,7-10,13,15H,6,11-12,14H2,1-4H3. The van der Waals surface area contributed by atoms with Crippen molar-refractivity contribution in [2.75, 3.05) is 26.5 Å². The number of rotatable bonds is 8. The van der Waals surface area contributed by atoms with E-state index in [0.717, 1.165) is 16.7 Å². The number of benzene rings is 2. The first-order valence-electron chi connectivity index (χ1n) is 8.90. The minimum absolute atomic E-state index is 0.0720. The molecule has 2 rings (SSSR count). The predicted molar refractivity (Wildman–Crippen MR) is 107 cm³/mol. The van der Waals surface area contributed by atoms with Gasteiger partial charge in [-0.15, -0.1) is 0 Å². The first-order chi connectivity index (χ1) is 12.7. The third-order valence-corrected chi connectivity index (χ3v) is 5.52. The van der Waals surface area contributed by atoms with Crippen molar-refractivity contribution in [2.24, 2.45) is 0 Å². The van der Waals surface area contributed by atoms with Crippen LogP contribution in [-0.2, 0) is 21.1 Å². The molecule has 0 saturated heterocycles. The summed E-state index contributed by atoms with van der Waals surface area (Å²) < 4.78 is 28.8. The van der Waals surface area contributed by atoms with Gasteiger partial charge in [0.2, 0.25) is 5.91 Å². The Morgan fingerprint density at radius 1 is 1.11 bits per heavy atom. The van der Waals surface area contributed by atoms with Gasteiger partial charge in [0, 0.05) is 19.8 Å². The SMILES string of the molecule is Cc1ccc(C)c(CC(=O)N(C)CCCOc2cccc(S(C)(=O)=O)c2)c1. The minimum atomic E-state index is -3.25. The van der Waals surface area contributed by atoms with Crippen molar-refractivity contribution in [2.45, 2.75) is 31.6 Å². The quantitative estimate of drug-likeness (QED) is 0.651. The fraction of sp³-hybridized carbons (Fsp3) is 0.381. The Bertz CT molecular complexity index is 906. The molecule has 0 aliphatic rings. The highest BCUT2D eigenvalue weighted by molar-refractivity contribution is 7.90. The lowest BCUT2D eigenvalue weighted by Gasteiger charge is -2.18. The zero-order chi connectivity index (χ0) is 20.0. The number of hydrogen-bond acceptors (Lipinski definition) is 4. The number of carbonyl (C=O) groups excluding carboxylic acids is 1. The molecule has 0 aliphatic heterocycles. The molecule has 0 radical (unpaired) electrons. The second-order valence-electron chi connectivity index (χ2n) is 6.87. The van der Waals surface area contributed by atoms with Gasteiger partial charge < -0.3 is 9.64 Å². The van der Waals surface area contributed by atoms with Crippen molar-refractivity contribution in [3.05, 3.63) is 59.2 Å². The van der Waals surface area contributed by atoms with Gasteiger partial charge in [0.1, 0.15) is 5.75 Å². The summed E-state index contributed by atoms with van der Waals surface area (Å²) in [7, 11) is -1.46. The van der Waals surface area contributed by atoms with Gasteiger partial charge in [0.05, 0.1) is 17.9 Å². The van der Waals surface area contributed by atoms with Crippen LogP contribution in [0.15, 0.2) is 47.4 Å². The Morgan fingerprint density at radius 3 is 2.56 bits per heavy atom. The van der Waals surface area contributed by atoms with E-state index in [0.29, 0.717) is 31.7 Å². The molecule has 0 saturated carbocycles. The summed E-state index contributed by atoms with van der Waals surface area (Å²) >= 11 is 0. The van der Waals surface area contributed by atoms with Crippen molar-refractivity contribution in [1.29, 1.82) is 0 Å². The van der Waals surface area contributed by atoms with Crippen LogP contribution < -0.4 is 4.74 Å². The second-order valence-corrected chi connectivity index (χ2v) is 8.89. The molecule has 0 bridgehead atoms. The molecule has 0 aromatic heterocycles. The third kappa shape index (κ3) is 6.40. The Labute approximate surface area is 161 Å². The molecule has 0 unspecified atom stereocenters. The van der Waals surface area contributed by atoms with E-state index in [9.17, 15) is 13.2 Å². The van der Waals surface area contributed by atoms with E-state index in [1.54, 1.807) is 30.1 Å². The van der Waals surface area contributed by atoms with Gasteiger partial charge in [-0.05, 0) is 49.6 Å². The zero-order valence-corrected chi connectivity index (χ0v) is 17.2. The average molecular weight is 390 g/mol. The van der Waals surface area contributed by atoms with Crippen molar-refractivity contribution < 1.29 is 17.9 Å². The lowest BCUT2D eigenvalue weighted by molar-refractivity contribution is -0.129. The van der Waals surface area contributed by atoms with Gasteiger partial charge >= 0.3 is 0 Å². The van der Waals surface area contributed by atoms with E-state index in [1.165, 1.54) is 12.3 Å². The highest BCUT2D eigenvalue weighted by atomic mass is 32.2. The van der Waals surface area contributed by atoms with Crippen LogP contribution in [0, 0.1) is 13.8 Å². The van der Waals surface area contributed by atoms with E-state index in [-0.39, 0.29) is 10.8 Å². The van der Waals surface area contributed by atoms with Crippen molar-refractivity contribution in [1.82, 2.24) is 4.90 Å². The van der Waals surface area contributed by atoms with Gasteiger partial charge in [0.25, 0.3) is 0 Å². The van der Waals surface area contributed by atoms with Crippen LogP contribution in [0.25, 0.3) is 0 Å². The molecule has 27 heavy (non-hydrogen) atoms. The predicted octanol–water partition coefficient (Wildman–Crippen LogP) is 3.18. The Hall–Kier alpha value is -2.34. The van der Waals surface area contributed by atoms with E-state index >= 15 is 0 Å². The largest absolute Gasteiger partial charge is 0.493 e. The molecule has 5 nitrogen and oxygen atoms in total. The molecule has 1 amide bonds. The molecule has 0 heterocycles. The summed E-state index contributed by atoms with van der Waals surface area (Å²) in [5, 5.41) is 0. The number of aryl methyl sites for hydroxylation is 2. The van der Waals surface area contributed by atoms with Gasteiger partial charge in [-0.25, -0.2) is 8.42 Å². The van der Waals surface area contributed by atoms with E-state index in [4.69, 9.17) is 4.74 Å². The van der Waals surface area contributed by atoms with Crippen LogP contribution >= 0.6 is 0 Å². The molecule has 6 heteroatoms. The summed E-state index contributed by atoms with van der Waals surface area (Å²) in [4.78, 5) is 14.4. The van der Waals surface area contributed by atoms with Crippen molar-refractivity contribution in [3.8, 4) is 5.75 Å². The number of carbonyl (C=O) groups is 1. The summed E-state index contributed by atoms with van der Waals surface area (Å²) in [5.41, 5.74) is 3.33. The highest BCUT2D eigenvalue weighted by Crippen LogP contribution is 2.17. The summed E-state index contributed by atoms with van der Waals surface area (Å²) in [6.07, 6.45) is 2.22. The molecule has 0 fully saturated rings. The zero-order valence-electron chi connectivity index (χ0n) is 16.4. The molecule has 0 N–H and O–H groups in total.